The van der Waals surface area contributed by atoms with Crippen molar-refractivity contribution in [2.45, 2.75) is 122 Å². The molecule has 166 valence electrons. The Bertz CT molecular complexity index is 456. The number of aliphatic hydroxyl groups is 2. The van der Waals surface area contributed by atoms with Gasteiger partial charge in [0, 0.05) is 11.8 Å². The molecule has 28 heavy (non-hydrogen) atoms. The number of alkyl halides is 2. The van der Waals surface area contributed by atoms with Crippen LogP contribution in [0.1, 0.15) is 104 Å². The van der Waals surface area contributed by atoms with Crippen molar-refractivity contribution in [1.82, 2.24) is 0 Å². The first kappa shape index (κ1) is 25.3. The molecular weight excluding hydrogens is 366 g/mol. The van der Waals surface area contributed by atoms with Gasteiger partial charge in [0.05, 0.1) is 11.7 Å². The Morgan fingerprint density at radius 2 is 1.82 bits per heavy atom. The molecule has 1 aliphatic carbocycles. The number of hydrogen-bond donors (Lipinski definition) is 3. The van der Waals surface area contributed by atoms with Gasteiger partial charge in [0.2, 0.25) is 6.43 Å². The normalized spacial score (nSPS) is 27.2. The zero-order valence-electron chi connectivity index (χ0n) is 17.6. The molecule has 1 rings (SSSR count). The van der Waals surface area contributed by atoms with Gasteiger partial charge in [-0.25, -0.2) is 8.78 Å². The highest BCUT2D eigenvalue weighted by Gasteiger charge is 2.53. The number of carboxylic acid groups (broad SMARTS) is 1. The molecule has 3 N–H and O–H groups in total. The van der Waals surface area contributed by atoms with Gasteiger partial charge in [0.1, 0.15) is 0 Å². The molecule has 0 saturated heterocycles. The maximum Gasteiger partial charge on any atom is 0.303 e. The summed E-state index contributed by atoms with van der Waals surface area (Å²) in [6.07, 6.45) is 5.23. The Morgan fingerprint density at radius 1 is 1.14 bits per heavy atom. The smallest absolute Gasteiger partial charge is 0.303 e. The van der Waals surface area contributed by atoms with Gasteiger partial charge in [-0.15, -0.1) is 0 Å². The second-order valence-corrected chi connectivity index (χ2v) is 9.05. The molecular formula is C22H40F2O4. The van der Waals surface area contributed by atoms with Gasteiger partial charge in [-0.05, 0) is 57.8 Å². The highest BCUT2D eigenvalue weighted by Crippen LogP contribution is 2.53. The first-order chi connectivity index (χ1) is 13.1. The Hall–Kier alpha value is -0.750. The fraction of sp³-hybridized carbons (Fsp3) is 0.955. The van der Waals surface area contributed by atoms with Crippen LogP contribution in [0.2, 0.25) is 0 Å². The SMILES string of the molecule is CCCCCC(C)(O)CC[C@@]1(C(F)F)CC[C@H](O)[C@H]1CCCCCCC(=O)O. The van der Waals surface area contributed by atoms with E-state index in [1.165, 1.54) is 0 Å². The predicted octanol–water partition coefficient (Wildman–Crippen LogP) is 5.55. The molecule has 0 aliphatic heterocycles. The first-order valence-electron chi connectivity index (χ1n) is 11.0. The van der Waals surface area contributed by atoms with E-state index in [1.807, 2.05) is 0 Å². The van der Waals surface area contributed by atoms with E-state index in [4.69, 9.17) is 5.11 Å². The van der Waals surface area contributed by atoms with E-state index in [-0.39, 0.29) is 12.8 Å². The summed E-state index contributed by atoms with van der Waals surface area (Å²) in [5, 5.41) is 29.7. The van der Waals surface area contributed by atoms with Gasteiger partial charge in [-0.1, -0.05) is 45.4 Å². The van der Waals surface area contributed by atoms with Crippen LogP contribution in [-0.4, -0.2) is 39.4 Å². The summed E-state index contributed by atoms with van der Waals surface area (Å²) in [5.41, 5.74) is -2.15. The molecule has 1 unspecified atom stereocenters. The van der Waals surface area contributed by atoms with E-state index in [1.54, 1.807) is 6.92 Å². The van der Waals surface area contributed by atoms with Crippen molar-refractivity contribution in [3.05, 3.63) is 0 Å². The van der Waals surface area contributed by atoms with Crippen molar-refractivity contribution in [1.29, 1.82) is 0 Å². The van der Waals surface area contributed by atoms with Crippen LogP contribution in [0.5, 0.6) is 0 Å². The van der Waals surface area contributed by atoms with E-state index in [0.717, 1.165) is 38.5 Å². The average Bonchev–Trinajstić information content (AvgIpc) is 2.93. The standard InChI is InChI=1S/C22H40F2O4/c1-3-4-9-13-21(2,28)15-16-22(20(23)24)14-12-18(25)17(22)10-7-5-6-8-11-19(26)27/h17-18,20,25,28H,3-16H2,1-2H3,(H,26,27)/t17-,18+,21?,22+/m1/s1. The quantitative estimate of drug-likeness (QED) is 0.312. The zero-order valence-corrected chi connectivity index (χ0v) is 17.6. The first-order valence-corrected chi connectivity index (χ1v) is 11.0. The largest absolute Gasteiger partial charge is 0.481 e. The minimum atomic E-state index is -2.51. The summed E-state index contributed by atoms with van der Waals surface area (Å²) in [6, 6.07) is 0. The number of carboxylic acids is 1. The van der Waals surface area contributed by atoms with E-state index >= 15 is 0 Å². The Balaban J connectivity index is 2.61. The minimum absolute atomic E-state index is 0.139. The number of carbonyl (C=O) groups is 1. The van der Waals surface area contributed by atoms with E-state index in [0.29, 0.717) is 38.5 Å². The molecule has 0 aromatic carbocycles. The number of rotatable bonds is 15. The third-order valence-electron chi connectivity index (χ3n) is 6.65. The van der Waals surface area contributed by atoms with Crippen LogP contribution in [0, 0.1) is 11.3 Å². The molecule has 0 spiro atoms. The maximum atomic E-state index is 14.2. The van der Waals surface area contributed by atoms with Crippen molar-refractivity contribution in [2.24, 2.45) is 11.3 Å². The van der Waals surface area contributed by atoms with Crippen LogP contribution in [0.4, 0.5) is 8.78 Å². The molecule has 1 aliphatic rings. The van der Waals surface area contributed by atoms with Crippen molar-refractivity contribution >= 4 is 5.97 Å². The van der Waals surface area contributed by atoms with Crippen LogP contribution in [0.15, 0.2) is 0 Å². The summed E-state index contributed by atoms with van der Waals surface area (Å²) >= 11 is 0. The average molecular weight is 407 g/mol. The monoisotopic (exact) mass is 406 g/mol. The van der Waals surface area contributed by atoms with Crippen LogP contribution >= 0.6 is 0 Å². The third-order valence-corrected chi connectivity index (χ3v) is 6.65. The number of unbranched alkanes of at least 4 members (excludes halogenated alkanes) is 5. The second-order valence-electron chi connectivity index (χ2n) is 9.05. The zero-order chi connectivity index (χ0) is 21.2. The fourth-order valence-electron chi connectivity index (χ4n) is 4.73. The number of aliphatic hydroxyl groups excluding tert-OH is 1. The highest BCUT2D eigenvalue weighted by atomic mass is 19.3. The maximum absolute atomic E-state index is 14.2. The molecule has 0 radical (unpaired) electrons. The highest BCUT2D eigenvalue weighted by molar-refractivity contribution is 5.66. The molecule has 1 fully saturated rings. The van der Waals surface area contributed by atoms with Crippen molar-refractivity contribution in [2.75, 3.05) is 0 Å². The van der Waals surface area contributed by atoms with E-state index < -0.39 is 35.4 Å². The van der Waals surface area contributed by atoms with Crippen LogP contribution in [-0.2, 0) is 4.79 Å². The lowest BCUT2D eigenvalue weighted by Gasteiger charge is -2.38. The lowest BCUT2D eigenvalue weighted by atomic mass is 9.70. The lowest BCUT2D eigenvalue weighted by molar-refractivity contribution is -0.137. The van der Waals surface area contributed by atoms with Crippen molar-refractivity contribution < 1.29 is 28.9 Å². The summed E-state index contributed by atoms with van der Waals surface area (Å²) in [4.78, 5) is 10.5. The molecule has 0 aromatic heterocycles. The minimum Gasteiger partial charge on any atom is -0.481 e. The molecule has 0 bridgehead atoms. The predicted molar refractivity (Wildman–Crippen MR) is 107 cm³/mol. The van der Waals surface area contributed by atoms with Crippen LogP contribution in [0.3, 0.4) is 0 Å². The number of halogens is 2. The van der Waals surface area contributed by atoms with Gasteiger partial charge in [0.25, 0.3) is 0 Å². The Kier molecular flexibility index (Phi) is 10.9. The van der Waals surface area contributed by atoms with E-state index in [9.17, 15) is 23.8 Å². The van der Waals surface area contributed by atoms with Gasteiger partial charge in [-0.2, -0.15) is 0 Å². The van der Waals surface area contributed by atoms with Crippen LogP contribution < -0.4 is 0 Å². The Labute approximate surface area is 168 Å². The topological polar surface area (TPSA) is 77.8 Å². The third kappa shape index (κ3) is 7.94. The lowest BCUT2D eigenvalue weighted by Crippen LogP contribution is -2.39. The summed E-state index contributed by atoms with van der Waals surface area (Å²) in [5.74, 6) is -1.26. The van der Waals surface area contributed by atoms with Gasteiger partial charge in [0.15, 0.2) is 0 Å². The summed E-state index contributed by atoms with van der Waals surface area (Å²) in [7, 11) is 0. The van der Waals surface area contributed by atoms with Crippen molar-refractivity contribution in [3.8, 4) is 0 Å². The summed E-state index contributed by atoms with van der Waals surface area (Å²) < 4.78 is 28.3. The molecule has 0 amide bonds. The molecule has 0 aromatic rings. The second kappa shape index (κ2) is 12.1. The van der Waals surface area contributed by atoms with Crippen LogP contribution in [0.25, 0.3) is 0 Å². The fourth-order valence-corrected chi connectivity index (χ4v) is 4.73. The van der Waals surface area contributed by atoms with E-state index in [2.05, 4.69) is 6.92 Å². The summed E-state index contributed by atoms with van der Waals surface area (Å²) in [6.45, 7) is 3.83. The van der Waals surface area contributed by atoms with Gasteiger partial charge < -0.3 is 15.3 Å². The molecule has 6 heteroatoms. The molecule has 4 atom stereocenters. The van der Waals surface area contributed by atoms with Gasteiger partial charge >= 0.3 is 5.97 Å². The molecule has 1 saturated carbocycles. The van der Waals surface area contributed by atoms with Gasteiger partial charge in [-0.3, -0.25) is 4.79 Å². The van der Waals surface area contributed by atoms with Crippen molar-refractivity contribution in [3.63, 3.8) is 0 Å². The number of hydrogen-bond acceptors (Lipinski definition) is 3. The molecule has 4 nitrogen and oxygen atoms in total. The Morgan fingerprint density at radius 3 is 2.43 bits per heavy atom. The molecule has 0 heterocycles. The number of aliphatic carboxylic acids is 1.